The third kappa shape index (κ3) is 5.79. The number of nitrogens with one attached hydrogen (secondary N) is 1. The predicted molar refractivity (Wildman–Crippen MR) is 114 cm³/mol. The number of rotatable bonds is 6. The van der Waals surface area contributed by atoms with Crippen molar-refractivity contribution in [2.24, 2.45) is 12.0 Å². The van der Waals surface area contributed by atoms with Gasteiger partial charge in [-0.2, -0.15) is 5.10 Å². The minimum absolute atomic E-state index is 0.0767. The van der Waals surface area contributed by atoms with Crippen molar-refractivity contribution in [3.05, 3.63) is 33.5 Å². The van der Waals surface area contributed by atoms with E-state index in [0.717, 1.165) is 35.4 Å². The van der Waals surface area contributed by atoms with Gasteiger partial charge in [0.1, 0.15) is 5.01 Å². The zero-order valence-electron chi connectivity index (χ0n) is 18.0. The summed E-state index contributed by atoms with van der Waals surface area (Å²) in [4.78, 5) is 11.7. The largest absolute Gasteiger partial charge is 0.357 e. The van der Waals surface area contributed by atoms with E-state index in [1.165, 1.54) is 5.56 Å². The molecule has 6 nitrogen and oxygen atoms in total. The molecule has 0 atom stereocenters. The lowest BCUT2D eigenvalue weighted by atomic mass is 9.93. The van der Waals surface area contributed by atoms with Crippen LogP contribution in [0.15, 0.2) is 16.6 Å². The summed E-state index contributed by atoms with van der Waals surface area (Å²) in [6.07, 6.45) is 2.10. The van der Waals surface area contributed by atoms with Crippen LogP contribution in [0.2, 0.25) is 0 Å². The van der Waals surface area contributed by atoms with Crippen molar-refractivity contribution in [1.29, 1.82) is 0 Å². The number of aliphatic imine (C=N–C) groups is 1. The summed E-state index contributed by atoms with van der Waals surface area (Å²) in [7, 11) is 4.05. The highest BCUT2D eigenvalue weighted by Crippen LogP contribution is 2.24. The number of thiazole rings is 1. The highest BCUT2D eigenvalue weighted by Gasteiger charge is 2.18. The molecule has 7 heteroatoms. The third-order valence-corrected chi connectivity index (χ3v) is 5.11. The zero-order valence-corrected chi connectivity index (χ0v) is 18.8. The van der Waals surface area contributed by atoms with E-state index in [2.05, 4.69) is 75.5 Å². The van der Waals surface area contributed by atoms with Crippen LogP contribution < -0.4 is 5.32 Å². The van der Waals surface area contributed by atoms with Crippen LogP contribution in [-0.2, 0) is 25.6 Å². The van der Waals surface area contributed by atoms with E-state index in [1.807, 2.05) is 11.7 Å². The molecule has 0 aliphatic carbocycles. The summed E-state index contributed by atoms with van der Waals surface area (Å²) in [5.41, 5.74) is 3.60. The molecule has 0 unspecified atom stereocenters. The van der Waals surface area contributed by atoms with Gasteiger partial charge in [0, 0.05) is 49.7 Å². The molecule has 2 heterocycles. The van der Waals surface area contributed by atoms with Gasteiger partial charge >= 0.3 is 0 Å². The van der Waals surface area contributed by atoms with Crippen molar-refractivity contribution >= 4 is 17.3 Å². The molecule has 0 saturated carbocycles. The lowest BCUT2D eigenvalue weighted by Crippen LogP contribution is -2.38. The average molecular weight is 391 g/mol. The third-order valence-electron chi connectivity index (χ3n) is 4.27. The van der Waals surface area contributed by atoms with Crippen molar-refractivity contribution in [2.75, 3.05) is 13.6 Å². The molecule has 2 rings (SSSR count). The molecular formula is C20H34N6S. The number of nitrogens with zero attached hydrogens (tertiary/aromatic N) is 5. The van der Waals surface area contributed by atoms with Crippen LogP contribution in [0.1, 0.15) is 69.4 Å². The molecule has 0 aliphatic heterocycles. The van der Waals surface area contributed by atoms with Crippen molar-refractivity contribution in [1.82, 2.24) is 25.0 Å². The van der Waals surface area contributed by atoms with Gasteiger partial charge in [-0.05, 0) is 12.8 Å². The fraction of sp³-hybridized carbons (Fsp3) is 0.650. The van der Waals surface area contributed by atoms with Gasteiger partial charge in [0.15, 0.2) is 5.96 Å². The van der Waals surface area contributed by atoms with Crippen LogP contribution in [0, 0.1) is 0 Å². The molecule has 2 aromatic heterocycles. The minimum atomic E-state index is 0.0767. The fourth-order valence-electron chi connectivity index (χ4n) is 2.83. The lowest BCUT2D eigenvalue weighted by molar-refractivity contribution is 0.473. The summed E-state index contributed by atoms with van der Waals surface area (Å²) in [5, 5.41) is 11.2. The molecule has 0 fully saturated rings. The Hall–Kier alpha value is -1.89. The minimum Gasteiger partial charge on any atom is -0.357 e. The first-order chi connectivity index (χ1) is 12.6. The Labute approximate surface area is 167 Å². The Morgan fingerprint density at radius 3 is 2.63 bits per heavy atom. The Balaban J connectivity index is 2.13. The van der Waals surface area contributed by atoms with E-state index in [-0.39, 0.29) is 5.41 Å². The van der Waals surface area contributed by atoms with E-state index < -0.39 is 0 Å². The second kappa shape index (κ2) is 8.87. The van der Waals surface area contributed by atoms with Crippen LogP contribution in [-0.4, -0.2) is 39.2 Å². The SMILES string of the molecule is CCNC(=NCc1nc(C(C)(C)C)cs1)N(C)Cc1cn(C)nc1C(C)C. The van der Waals surface area contributed by atoms with E-state index in [0.29, 0.717) is 12.5 Å². The van der Waals surface area contributed by atoms with Crippen LogP contribution >= 0.6 is 11.3 Å². The van der Waals surface area contributed by atoms with Crippen molar-refractivity contribution in [3.63, 3.8) is 0 Å². The van der Waals surface area contributed by atoms with Crippen LogP contribution in [0.4, 0.5) is 0 Å². The summed E-state index contributed by atoms with van der Waals surface area (Å²) in [6.45, 7) is 15.2. The predicted octanol–water partition coefficient (Wildman–Crippen LogP) is 3.90. The lowest BCUT2D eigenvalue weighted by Gasteiger charge is -2.22. The van der Waals surface area contributed by atoms with Crippen molar-refractivity contribution in [3.8, 4) is 0 Å². The van der Waals surface area contributed by atoms with Gasteiger partial charge in [-0.1, -0.05) is 34.6 Å². The number of guanidine groups is 1. The molecule has 1 N–H and O–H groups in total. The Kier molecular flexibility index (Phi) is 7.03. The van der Waals surface area contributed by atoms with Crippen LogP contribution in [0.5, 0.6) is 0 Å². The molecule has 2 aromatic rings. The molecule has 0 aliphatic rings. The topological polar surface area (TPSA) is 58.3 Å². The van der Waals surface area contributed by atoms with Gasteiger partial charge < -0.3 is 10.2 Å². The Morgan fingerprint density at radius 2 is 2.07 bits per heavy atom. The van der Waals surface area contributed by atoms with Gasteiger partial charge in [0.25, 0.3) is 0 Å². The summed E-state index contributed by atoms with van der Waals surface area (Å²) >= 11 is 1.68. The van der Waals surface area contributed by atoms with Crippen molar-refractivity contribution < 1.29 is 0 Å². The van der Waals surface area contributed by atoms with E-state index in [4.69, 9.17) is 9.98 Å². The first kappa shape index (κ1) is 21.4. The average Bonchev–Trinajstić information content (AvgIpc) is 3.17. The maximum Gasteiger partial charge on any atom is 0.194 e. The van der Waals surface area contributed by atoms with Crippen LogP contribution in [0.3, 0.4) is 0 Å². The fourth-order valence-corrected chi connectivity index (χ4v) is 3.78. The Bertz CT molecular complexity index is 766. The highest BCUT2D eigenvalue weighted by atomic mass is 32.1. The van der Waals surface area contributed by atoms with Crippen molar-refractivity contribution in [2.45, 2.75) is 66.0 Å². The first-order valence-electron chi connectivity index (χ1n) is 9.58. The molecule has 27 heavy (non-hydrogen) atoms. The standard InChI is InChI=1S/C20H34N6S/c1-9-21-19(22-10-17-23-16(13-27-17)20(4,5)6)25(7)11-15-12-26(8)24-18(15)14(2)3/h12-14H,9-11H2,1-8H3,(H,21,22). The monoisotopic (exact) mass is 390 g/mol. The summed E-state index contributed by atoms with van der Waals surface area (Å²) in [6, 6.07) is 0. The smallest absolute Gasteiger partial charge is 0.194 e. The quantitative estimate of drug-likeness (QED) is 0.600. The summed E-state index contributed by atoms with van der Waals surface area (Å²) in [5.74, 6) is 1.30. The van der Waals surface area contributed by atoms with Gasteiger partial charge in [-0.25, -0.2) is 9.98 Å². The van der Waals surface area contributed by atoms with Crippen LogP contribution in [0.25, 0.3) is 0 Å². The number of aryl methyl sites for hydroxylation is 1. The molecule has 0 radical (unpaired) electrons. The molecular weight excluding hydrogens is 356 g/mol. The second-order valence-electron chi connectivity index (χ2n) is 8.27. The highest BCUT2D eigenvalue weighted by molar-refractivity contribution is 7.09. The van der Waals surface area contributed by atoms with Gasteiger partial charge in [-0.3, -0.25) is 4.68 Å². The van der Waals surface area contributed by atoms with Gasteiger partial charge in [-0.15, -0.1) is 11.3 Å². The Morgan fingerprint density at radius 1 is 1.37 bits per heavy atom. The molecule has 0 bridgehead atoms. The zero-order chi connectivity index (χ0) is 20.2. The molecule has 150 valence electrons. The number of aromatic nitrogens is 3. The first-order valence-corrected chi connectivity index (χ1v) is 10.5. The maximum absolute atomic E-state index is 4.81. The second-order valence-corrected chi connectivity index (χ2v) is 9.21. The van der Waals surface area contributed by atoms with E-state index in [1.54, 1.807) is 11.3 Å². The van der Waals surface area contributed by atoms with Gasteiger partial charge in [0.2, 0.25) is 0 Å². The number of hydrogen-bond donors (Lipinski definition) is 1. The molecule has 0 amide bonds. The number of hydrogen-bond acceptors (Lipinski definition) is 4. The van der Waals surface area contributed by atoms with E-state index in [9.17, 15) is 0 Å². The molecule has 0 saturated heterocycles. The normalized spacial score (nSPS) is 12.7. The summed E-state index contributed by atoms with van der Waals surface area (Å²) < 4.78 is 1.90. The maximum atomic E-state index is 4.81. The molecule has 0 aromatic carbocycles. The molecule has 0 spiro atoms. The van der Waals surface area contributed by atoms with Gasteiger partial charge in [0.05, 0.1) is 17.9 Å². The van der Waals surface area contributed by atoms with E-state index >= 15 is 0 Å².